The van der Waals surface area contributed by atoms with Gasteiger partial charge in [-0.05, 0) is 75.0 Å². The third-order valence-electron chi connectivity index (χ3n) is 7.60. The quantitative estimate of drug-likeness (QED) is 0.585. The second kappa shape index (κ2) is 10.1. The van der Waals surface area contributed by atoms with E-state index in [0.29, 0.717) is 19.4 Å². The fourth-order valence-electron chi connectivity index (χ4n) is 4.71. The van der Waals surface area contributed by atoms with E-state index < -0.39 is 10.8 Å². The average Bonchev–Trinajstić information content (AvgIpc) is 3.29. The summed E-state index contributed by atoms with van der Waals surface area (Å²) in [6, 6.07) is 3.81. The zero-order valence-corrected chi connectivity index (χ0v) is 22.6. The Balaban J connectivity index is 1.84. The molecule has 186 valence electrons. The predicted octanol–water partition coefficient (Wildman–Crippen LogP) is 5.23. The highest BCUT2D eigenvalue weighted by Gasteiger charge is 2.58. The molecule has 7 heteroatoms. The van der Waals surface area contributed by atoms with Gasteiger partial charge >= 0.3 is 0 Å². The van der Waals surface area contributed by atoms with Gasteiger partial charge in [0.2, 0.25) is 5.91 Å². The Hall–Kier alpha value is -2.28. The number of nitrogens with one attached hydrogen (secondary N) is 1. The summed E-state index contributed by atoms with van der Waals surface area (Å²) in [4.78, 5) is 35.6. The molecule has 1 aliphatic rings. The number of carbonyl (C=O) groups is 2. The third-order valence-corrected chi connectivity index (χ3v) is 8.98. The van der Waals surface area contributed by atoms with Crippen LogP contribution in [0.1, 0.15) is 85.3 Å². The van der Waals surface area contributed by atoms with E-state index in [1.807, 2.05) is 32.9 Å². The van der Waals surface area contributed by atoms with Crippen molar-refractivity contribution in [2.75, 3.05) is 0 Å². The van der Waals surface area contributed by atoms with Crippen molar-refractivity contribution in [3.8, 4) is 0 Å². The van der Waals surface area contributed by atoms with Crippen molar-refractivity contribution in [1.29, 1.82) is 0 Å². The van der Waals surface area contributed by atoms with Crippen LogP contribution in [0.3, 0.4) is 0 Å². The molecule has 2 aromatic heterocycles. The molecule has 0 radical (unpaired) electrons. The van der Waals surface area contributed by atoms with E-state index in [2.05, 4.69) is 48.1 Å². The first-order valence-electron chi connectivity index (χ1n) is 12.4. The van der Waals surface area contributed by atoms with E-state index in [-0.39, 0.29) is 23.3 Å². The monoisotopic (exact) mass is 484 g/mol. The molecular weight excluding hydrogens is 444 g/mol. The van der Waals surface area contributed by atoms with Crippen LogP contribution in [0.5, 0.6) is 0 Å². The van der Waals surface area contributed by atoms with Crippen LogP contribution in [0, 0.1) is 16.7 Å². The molecule has 1 N–H and O–H groups in total. The molecular formula is C27H40N4O2S. The highest BCUT2D eigenvalue weighted by Crippen LogP contribution is 2.56. The minimum absolute atomic E-state index is 0.00397. The maximum Gasteiger partial charge on any atom is 0.253 e. The minimum Gasteiger partial charge on any atom is -0.352 e. The predicted molar refractivity (Wildman–Crippen MR) is 137 cm³/mol. The Morgan fingerprint density at radius 3 is 2.65 bits per heavy atom. The molecule has 0 saturated heterocycles. The van der Waals surface area contributed by atoms with Gasteiger partial charge in [-0.15, -0.1) is 0 Å². The summed E-state index contributed by atoms with van der Waals surface area (Å²) >= 11 is 1.56. The number of nitrogens with zero attached hydrogens (tertiary/aromatic N) is 3. The molecule has 3 rings (SSSR count). The Kier molecular flexibility index (Phi) is 7.85. The normalized spacial score (nSPS) is 22.7. The van der Waals surface area contributed by atoms with Gasteiger partial charge in [0, 0.05) is 42.2 Å². The summed E-state index contributed by atoms with van der Waals surface area (Å²) in [5.41, 5.74) is 0.844. The summed E-state index contributed by atoms with van der Waals surface area (Å²) in [7, 11) is 0. The molecule has 0 bridgehead atoms. The molecule has 2 amide bonds. The number of amides is 2. The number of rotatable bonds is 7. The number of hydrogen-bond donors (Lipinski definition) is 1. The first-order valence-corrected chi connectivity index (χ1v) is 13.2. The Labute approximate surface area is 208 Å². The van der Waals surface area contributed by atoms with Crippen LogP contribution in [0.4, 0.5) is 0 Å². The van der Waals surface area contributed by atoms with Crippen LogP contribution < -0.4 is 9.99 Å². The van der Waals surface area contributed by atoms with E-state index in [0.717, 1.165) is 35.1 Å². The van der Waals surface area contributed by atoms with E-state index >= 15 is 0 Å². The van der Waals surface area contributed by atoms with Gasteiger partial charge in [-0.25, -0.2) is 4.99 Å². The molecule has 1 fully saturated rings. The van der Waals surface area contributed by atoms with Crippen LogP contribution in [-0.2, 0) is 28.1 Å². The molecule has 6 nitrogen and oxygen atoms in total. The lowest BCUT2D eigenvalue weighted by molar-refractivity contribution is -0.136. The smallest absolute Gasteiger partial charge is 0.253 e. The summed E-state index contributed by atoms with van der Waals surface area (Å²) in [5.74, 6) is -0.354. The largest absolute Gasteiger partial charge is 0.352 e. The van der Waals surface area contributed by atoms with Gasteiger partial charge in [-0.2, -0.15) is 0 Å². The van der Waals surface area contributed by atoms with Gasteiger partial charge in [0.1, 0.15) is 4.67 Å². The SMILES string of the molecule is CCCCc1cn(C(C)(C)C)sc1=NC(=O)C1(C)CCC(C(=O)NCc2cccnc2)C1(C)C. The fraction of sp³-hybridized carbons (Fsp3) is 0.630. The van der Waals surface area contributed by atoms with Crippen molar-refractivity contribution < 1.29 is 9.59 Å². The van der Waals surface area contributed by atoms with Crippen molar-refractivity contribution in [2.24, 2.45) is 21.7 Å². The maximum absolute atomic E-state index is 13.7. The van der Waals surface area contributed by atoms with Crippen molar-refractivity contribution in [3.05, 3.63) is 46.5 Å². The van der Waals surface area contributed by atoms with Crippen LogP contribution in [-0.4, -0.2) is 20.8 Å². The van der Waals surface area contributed by atoms with E-state index in [9.17, 15) is 9.59 Å². The fourth-order valence-corrected chi connectivity index (χ4v) is 5.74. The second-order valence-corrected chi connectivity index (χ2v) is 12.3. The van der Waals surface area contributed by atoms with Gasteiger partial charge in [-0.3, -0.25) is 18.5 Å². The van der Waals surface area contributed by atoms with Gasteiger partial charge in [0.05, 0.1) is 5.41 Å². The lowest BCUT2D eigenvalue weighted by atomic mass is 9.65. The number of hydrogen-bond acceptors (Lipinski definition) is 4. The summed E-state index contributed by atoms with van der Waals surface area (Å²) in [5, 5.41) is 3.05. The highest BCUT2D eigenvalue weighted by molar-refractivity contribution is 7.04. The third kappa shape index (κ3) is 5.35. The molecule has 34 heavy (non-hydrogen) atoms. The van der Waals surface area contributed by atoms with Gasteiger partial charge < -0.3 is 5.32 Å². The van der Waals surface area contributed by atoms with Crippen LogP contribution in [0.15, 0.2) is 35.7 Å². The van der Waals surface area contributed by atoms with Crippen molar-refractivity contribution in [2.45, 2.75) is 92.7 Å². The molecule has 0 aromatic carbocycles. The Bertz CT molecular complexity index is 1080. The lowest BCUT2D eigenvalue weighted by Crippen LogP contribution is -2.45. The van der Waals surface area contributed by atoms with Gasteiger partial charge in [-0.1, -0.05) is 40.2 Å². The van der Waals surface area contributed by atoms with Crippen molar-refractivity contribution >= 4 is 23.3 Å². The van der Waals surface area contributed by atoms with E-state index in [1.54, 1.807) is 23.9 Å². The highest BCUT2D eigenvalue weighted by atomic mass is 32.1. The van der Waals surface area contributed by atoms with Gasteiger partial charge in [0.15, 0.2) is 0 Å². The van der Waals surface area contributed by atoms with Crippen molar-refractivity contribution in [1.82, 2.24) is 14.3 Å². The molecule has 2 aromatic rings. The van der Waals surface area contributed by atoms with E-state index in [4.69, 9.17) is 4.99 Å². The maximum atomic E-state index is 13.7. The average molecular weight is 485 g/mol. The first-order chi connectivity index (χ1) is 15.9. The number of carbonyl (C=O) groups excluding carboxylic acids is 2. The number of pyridine rings is 1. The standard InChI is InChI=1S/C27H40N4O2S/c1-8-9-12-20-18-31(25(2,3)4)34-23(20)30-24(33)27(7)14-13-21(26(27,5)6)22(32)29-17-19-11-10-15-28-16-19/h10-11,15-16,18,21H,8-9,12-14,17H2,1-7H3,(H,29,32). The summed E-state index contributed by atoms with van der Waals surface area (Å²) < 4.78 is 3.01. The first kappa shape index (κ1) is 26.3. The summed E-state index contributed by atoms with van der Waals surface area (Å²) in [6.07, 6.45) is 10.1. The van der Waals surface area contributed by atoms with Crippen LogP contribution in [0.25, 0.3) is 0 Å². The minimum atomic E-state index is -0.693. The number of aryl methyl sites for hydroxylation is 1. The van der Waals surface area contributed by atoms with Crippen LogP contribution in [0.2, 0.25) is 0 Å². The second-order valence-electron chi connectivity index (χ2n) is 11.3. The molecule has 1 saturated carbocycles. The molecule has 1 aliphatic carbocycles. The summed E-state index contributed by atoms with van der Waals surface area (Å²) in [6.45, 7) is 15.2. The number of unbranched alkanes of at least 4 members (excludes halogenated alkanes) is 1. The zero-order valence-electron chi connectivity index (χ0n) is 21.8. The van der Waals surface area contributed by atoms with Gasteiger partial charge in [0.25, 0.3) is 5.91 Å². The zero-order chi connectivity index (χ0) is 25.1. The molecule has 2 heterocycles. The molecule has 2 unspecified atom stereocenters. The molecule has 2 atom stereocenters. The van der Waals surface area contributed by atoms with Crippen LogP contribution >= 0.6 is 11.5 Å². The molecule has 0 spiro atoms. The topological polar surface area (TPSA) is 76.3 Å². The molecule has 0 aliphatic heterocycles. The van der Waals surface area contributed by atoms with Crippen molar-refractivity contribution in [3.63, 3.8) is 0 Å². The lowest BCUT2D eigenvalue weighted by Gasteiger charge is -2.38. The Morgan fingerprint density at radius 1 is 1.29 bits per heavy atom. The van der Waals surface area contributed by atoms with E-state index in [1.165, 1.54) is 0 Å². The number of aromatic nitrogens is 2. The Morgan fingerprint density at radius 2 is 2.03 bits per heavy atom.